The molecule has 1 unspecified atom stereocenters. The van der Waals surface area contributed by atoms with Crippen LogP contribution in [0.2, 0.25) is 0 Å². The maximum Gasteiger partial charge on any atom is 0.305 e. The molecule has 0 fully saturated rings. The van der Waals surface area contributed by atoms with E-state index in [4.69, 9.17) is 4.74 Å². The number of aliphatic hydroxyl groups excluding tert-OH is 1. The van der Waals surface area contributed by atoms with Gasteiger partial charge in [-0.1, -0.05) is 50.6 Å². The zero-order valence-electron chi connectivity index (χ0n) is 14.9. The largest absolute Gasteiger partial charge is 0.463 e. The second kappa shape index (κ2) is 10.4. The summed E-state index contributed by atoms with van der Waals surface area (Å²) in [5, 5.41) is 10.2. The SMILES string of the molecule is CCCC(=O)OCC(O)CN(Cc1cccc(C)c1)CC(C)C. The van der Waals surface area contributed by atoms with Crippen LogP contribution in [0.5, 0.6) is 0 Å². The van der Waals surface area contributed by atoms with Crippen molar-refractivity contribution in [2.45, 2.75) is 53.2 Å². The van der Waals surface area contributed by atoms with E-state index in [-0.39, 0.29) is 12.6 Å². The summed E-state index contributed by atoms with van der Waals surface area (Å²) in [6.45, 7) is 10.6. The Morgan fingerprint density at radius 2 is 2.04 bits per heavy atom. The molecule has 1 atom stereocenters. The zero-order valence-corrected chi connectivity index (χ0v) is 14.9. The van der Waals surface area contributed by atoms with E-state index in [9.17, 15) is 9.90 Å². The van der Waals surface area contributed by atoms with Gasteiger partial charge in [-0.15, -0.1) is 0 Å². The maximum absolute atomic E-state index is 11.4. The lowest BCUT2D eigenvalue weighted by molar-refractivity contribution is -0.147. The third kappa shape index (κ3) is 8.72. The Morgan fingerprint density at radius 3 is 2.65 bits per heavy atom. The number of esters is 1. The summed E-state index contributed by atoms with van der Waals surface area (Å²) in [7, 11) is 0. The Morgan fingerprint density at radius 1 is 1.30 bits per heavy atom. The number of hydrogen-bond acceptors (Lipinski definition) is 4. The van der Waals surface area contributed by atoms with Crippen molar-refractivity contribution in [3.63, 3.8) is 0 Å². The molecule has 1 aromatic carbocycles. The predicted octanol–water partition coefficient (Wildman–Crippen LogP) is 3.16. The second-order valence-corrected chi connectivity index (χ2v) is 6.66. The topological polar surface area (TPSA) is 49.8 Å². The number of nitrogens with zero attached hydrogens (tertiary/aromatic N) is 1. The highest BCUT2D eigenvalue weighted by molar-refractivity contribution is 5.69. The van der Waals surface area contributed by atoms with Crippen molar-refractivity contribution in [3.05, 3.63) is 35.4 Å². The lowest BCUT2D eigenvalue weighted by Gasteiger charge is -2.26. The van der Waals surface area contributed by atoms with Crippen molar-refractivity contribution in [3.8, 4) is 0 Å². The number of hydrogen-bond donors (Lipinski definition) is 1. The molecule has 0 heterocycles. The molecule has 0 saturated heterocycles. The number of aryl methyl sites for hydroxylation is 1. The fourth-order valence-electron chi connectivity index (χ4n) is 2.60. The minimum absolute atomic E-state index is 0.0707. The first-order valence-corrected chi connectivity index (χ1v) is 8.52. The number of carbonyl (C=O) groups excluding carboxylic acids is 1. The van der Waals surface area contributed by atoms with Crippen LogP contribution in [0, 0.1) is 12.8 Å². The smallest absolute Gasteiger partial charge is 0.305 e. The molecule has 0 bridgehead atoms. The molecule has 0 aliphatic heterocycles. The van der Waals surface area contributed by atoms with Crippen LogP contribution >= 0.6 is 0 Å². The van der Waals surface area contributed by atoms with Crippen molar-refractivity contribution < 1.29 is 14.6 Å². The fourth-order valence-corrected chi connectivity index (χ4v) is 2.60. The second-order valence-electron chi connectivity index (χ2n) is 6.66. The molecule has 1 rings (SSSR count). The summed E-state index contributed by atoms with van der Waals surface area (Å²) >= 11 is 0. The van der Waals surface area contributed by atoms with Gasteiger partial charge in [0.1, 0.15) is 12.7 Å². The molecule has 0 aliphatic carbocycles. The average Bonchev–Trinajstić information content (AvgIpc) is 2.44. The normalized spacial score (nSPS) is 12.7. The molecule has 0 aromatic heterocycles. The van der Waals surface area contributed by atoms with Crippen molar-refractivity contribution in [2.75, 3.05) is 19.7 Å². The Balaban J connectivity index is 2.54. The quantitative estimate of drug-likeness (QED) is 0.673. The molecule has 0 saturated carbocycles. The third-order valence-corrected chi connectivity index (χ3v) is 3.47. The van der Waals surface area contributed by atoms with Crippen molar-refractivity contribution >= 4 is 5.97 Å². The van der Waals surface area contributed by atoms with Gasteiger partial charge in [-0.2, -0.15) is 0 Å². The Labute approximate surface area is 140 Å². The van der Waals surface area contributed by atoms with Gasteiger partial charge in [-0.05, 0) is 24.8 Å². The predicted molar refractivity (Wildman–Crippen MR) is 93.2 cm³/mol. The lowest BCUT2D eigenvalue weighted by Crippen LogP contribution is -2.37. The molecular formula is C19H31NO3. The first-order valence-electron chi connectivity index (χ1n) is 8.52. The zero-order chi connectivity index (χ0) is 17.2. The van der Waals surface area contributed by atoms with Crippen LogP contribution in [0.1, 0.15) is 44.7 Å². The van der Waals surface area contributed by atoms with E-state index in [1.807, 2.05) is 6.92 Å². The molecular weight excluding hydrogens is 290 g/mol. The molecule has 1 N–H and O–H groups in total. The monoisotopic (exact) mass is 321 g/mol. The van der Waals surface area contributed by atoms with Gasteiger partial charge >= 0.3 is 5.97 Å². The summed E-state index contributed by atoms with van der Waals surface area (Å²) < 4.78 is 5.10. The Kier molecular flexibility index (Phi) is 8.89. The van der Waals surface area contributed by atoms with Gasteiger partial charge in [-0.25, -0.2) is 0 Å². The molecule has 0 amide bonds. The molecule has 0 radical (unpaired) electrons. The summed E-state index contributed by atoms with van der Waals surface area (Å²) in [5.41, 5.74) is 2.47. The Hall–Kier alpha value is -1.39. The van der Waals surface area contributed by atoms with Crippen LogP contribution in [0.15, 0.2) is 24.3 Å². The number of benzene rings is 1. The highest BCUT2D eigenvalue weighted by Crippen LogP contribution is 2.10. The van der Waals surface area contributed by atoms with Crippen LogP contribution in [0.4, 0.5) is 0 Å². The van der Waals surface area contributed by atoms with Crippen LogP contribution < -0.4 is 0 Å². The molecule has 4 nitrogen and oxygen atoms in total. The minimum atomic E-state index is -0.653. The minimum Gasteiger partial charge on any atom is -0.463 e. The summed E-state index contributed by atoms with van der Waals surface area (Å²) in [4.78, 5) is 13.6. The van der Waals surface area contributed by atoms with E-state index in [2.05, 4.69) is 49.9 Å². The van der Waals surface area contributed by atoms with Gasteiger partial charge in [0, 0.05) is 26.1 Å². The standard InChI is InChI=1S/C19H31NO3/c1-5-7-19(22)23-14-18(21)13-20(11-15(2)3)12-17-9-6-8-16(4)10-17/h6,8-10,15,18,21H,5,7,11-14H2,1-4H3. The molecule has 1 aromatic rings. The third-order valence-electron chi connectivity index (χ3n) is 3.47. The van der Waals surface area contributed by atoms with Gasteiger partial charge in [0.15, 0.2) is 0 Å². The lowest BCUT2D eigenvalue weighted by atomic mass is 10.1. The number of aliphatic hydroxyl groups is 1. The van der Waals surface area contributed by atoms with Gasteiger partial charge in [0.2, 0.25) is 0 Å². The van der Waals surface area contributed by atoms with Crippen LogP contribution in [0.25, 0.3) is 0 Å². The highest BCUT2D eigenvalue weighted by Gasteiger charge is 2.15. The van der Waals surface area contributed by atoms with Crippen LogP contribution in [-0.4, -0.2) is 41.8 Å². The summed E-state index contributed by atoms with van der Waals surface area (Å²) in [6.07, 6.45) is 0.521. The van der Waals surface area contributed by atoms with Crippen molar-refractivity contribution in [2.24, 2.45) is 5.92 Å². The fraction of sp³-hybridized carbons (Fsp3) is 0.632. The van der Waals surface area contributed by atoms with Gasteiger partial charge < -0.3 is 9.84 Å². The average molecular weight is 321 g/mol. The summed E-state index contributed by atoms with van der Waals surface area (Å²) in [5.74, 6) is 0.273. The van der Waals surface area contributed by atoms with E-state index < -0.39 is 6.10 Å². The van der Waals surface area contributed by atoms with Gasteiger partial charge in [0.05, 0.1) is 0 Å². The highest BCUT2D eigenvalue weighted by atomic mass is 16.5. The van der Waals surface area contributed by atoms with E-state index in [0.717, 1.165) is 19.5 Å². The van der Waals surface area contributed by atoms with Crippen LogP contribution in [0.3, 0.4) is 0 Å². The van der Waals surface area contributed by atoms with Gasteiger partial charge in [-0.3, -0.25) is 9.69 Å². The van der Waals surface area contributed by atoms with Crippen molar-refractivity contribution in [1.29, 1.82) is 0 Å². The Bertz CT molecular complexity index is 473. The van der Waals surface area contributed by atoms with E-state index >= 15 is 0 Å². The number of rotatable bonds is 10. The summed E-state index contributed by atoms with van der Waals surface area (Å²) in [6, 6.07) is 8.41. The van der Waals surface area contributed by atoms with Crippen molar-refractivity contribution in [1.82, 2.24) is 4.90 Å². The first-order chi connectivity index (χ1) is 10.9. The first kappa shape index (κ1) is 19.7. The van der Waals surface area contributed by atoms with Gasteiger partial charge in [0.25, 0.3) is 0 Å². The van der Waals surface area contributed by atoms with E-state index in [1.165, 1.54) is 11.1 Å². The molecule has 0 aliphatic rings. The molecule has 4 heteroatoms. The van der Waals surface area contributed by atoms with E-state index in [0.29, 0.717) is 18.9 Å². The number of ether oxygens (including phenoxy) is 1. The van der Waals surface area contributed by atoms with Crippen LogP contribution in [-0.2, 0) is 16.1 Å². The molecule has 0 spiro atoms. The molecule has 23 heavy (non-hydrogen) atoms. The van der Waals surface area contributed by atoms with E-state index in [1.54, 1.807) is 0 Å². The maximum atomic E-state index is 11.4. The number of carbonyl (C=O) groups is 1. The molecule has 130 valence electrons.